The second-order valence-electron chi connectivity index (χ2n) is 6.91. The largest absolute Gasteiger partial charge is 0.351 e. The molecule has 0 spiro atoms. The second kappa shape index (κ2) is 6.43. The first kappa shape index (κ1) is 15.4. The van der Waals surface area contributed by atoms with Crippen molar-refractivity contribution in [1.82, 2.24) is 20.2 Å². The van der Waals surface area contributed by atoms with Gasteiger partial charge in [-0.05, 0) is 44.7 Å². The first-order valence-electron chi connectivity index (χ1n) is 9.02. The molecule has 0 aliphatic carbocycles. The monoisotopic (exact) mass is 327 g/mol. The number of aromatic amines is 1. The van der Waals surface area contributed by atoms with Crippen molar-refractivity contribution in [2.24, 2.45) is 5.73 Å². The smallest absolute Gasteiger partial charge is 0.315 e. The maximum Gasteiger partial charge on any atom is 0.315 e. The van der Waals surface area contributed by atoms with Crippen LogP contribution in [0.15, 0.2) is 18.2 Å². The van der Waals surface area contributed by atoms with Gasteiger partial charge in [0.25, 0.3) is 0 Å². The van der Waals surface area contributed by atoms with Crippen LogP contribution in [0.5, 0.6) is 0 Å². The number of nitrogens with zero attached hydrogens (tertiary/aromatic N) is 2. The van der Waals surface area contributed by atoms with E-state index < -0.39 is 0 Å². The summed E-state index contributed by atoms with van der Waals surface area (Å²) in [6.45, 7) is 1.78. The van der Waals surface area contributed by atoms with Crippen LogP contribution in [-0.4, -0.2) is 34.0 Å². The van der Waals surface area contributed by atoms with Crippen LogP contribution in [0.3, 0.4) is 0 Å². The molecule has 0 saturated carbocycles. The van der Waals surface area contributed by atoms with E-state index in [1.807, 2.05) is 6.07 Å². The van der Waals surface area contributed by atoms with E-state index in [-0.39, 0.29) is 12.1 Å². The molecule has 4 N–H and O–H groups in total. The Morgan fingerprint density at radius 1 is 1.21 bits per heavy atom. The highest BCUT2D eigenvalue weighted by atomic mass is 16.2. The molecular weight excluding hydrogens is 302 g/mol. The van der Waals surface area contributed by atoms with Gasteiger partial charge in [-0.15, -0.1) is 0 Å². The number of piperidine rings is 2. The summed E-state index contributed by atoms with van der Waals surface area (Å²) in [4.78, 5) is 22.0. The van der Waals surface area contributed by atoms with Crippen molar-refractivity contribution in [3.63, 3.8) is 0 Å². The van der Waals surface area contributed by atoms with Crippen LogP contribution in [0.25, 0.3) is 11.0 Å². The summed E-state index contributed by atoms with van der Waals surface area (Å²) in [6.07, 6.45) is 6.68. The van der Waals surface area contributed by atoms with Crippen LogP contribution < -0.4 is 11.1 Å². The second-order valence-corrected chi connectivity index (χ2v) is 6.91. The van der Waals surface area contributed by atoms with Crippen molar-refractivity contribution in [1.29, 1.82) is 0 Å². The fourth-order valence-corrected chi connectivity index (χ4v) is 4.11. The average Bonchev–Trinajstić information content (AvgIpc) is 3.06. The molecule has 2 saturated heterocycles. The highest BCUT2D eigenvalue weighted by molar-refractivity contribution is 5.81. The minimum atomic E-state index is -0.332. The van der Waals surface area contributed by atoms with Crippen molar-refractivity contribution in [3.8, 4) is 0 Å². The Bertz CT molecular complexity index is 734. The highest BCUT2D eigenvalue weighted by Crippen LogP contribution is 2.35. The van der Waals surface area contributed by atoms with Crippen LogP contribution in [0.2, 0.25) is 0 Å². The molecule has 6 nitrogen and oxygen atoms in total. The number of aromatic nitrogens is 2. The Morgan fingerprint density at radius 3 is 2.88 bits per heavy atom. The number of H-pyrrole nitrogens is 1. The van der Waals surface area contributed by atoms with Crippen molar-refractivity contribution in [3.05, 3.63) is 29.6 Å². The molecular formula is C18H25N5O. The third-order valence-corrected chi connectivity index (χ3v) is 5.35. The lowest BCUT2D eigenvalue weighted by atomic mass is 9.94. The molecule has 1 aromatic carbocycles. The van der Waals surface area contributed by atoms with E-state index in [2.05, 4.69) is 22.4 Å². The number of rotatable bonds is 2. The third kappa shape index (κ3) is 2.75. The van der Waals surface area contributed by atoms with Crippen LogP contribution in [0.1, 0.15) is 62.0 Å². The zero-order valence-electron chi connectivity index (χ0n) is 13.9. The number of hydrogen-bond acceptors (Lipinski definition) is 3. The van der Waals surface area contributed by atoms with Gasteiger partial charge in [-0.2, -0.15) is 0 Å². The number of hydrogen-bond donors (Lipinski definition) is 3. The van der Waals surface area contributed by atoms with Crippen molar-refractivity contribution < 1.29 is 4.79 Å². The molecule has 6 heteroatoms. The quantitative estimate of drug-likeness (QED) is 0.792. The Labute approximate surface area is 141 Å². The number of amides is 2. The predicted molar refractivity (Wildman–Crippen MR) is 93.6 cm³/mol. The molecule has 0 bridgehead atoms. The number of nitrogens with one attached hydrogen (secondary N) is 2. The minimum Gasteiger partial charge on any atom is -0.351 e. The molecule has 2 fully saturated rings. The number of imidazole rings is 1. The Balaban J connectivity index is 1.72. The van der Waals surface area contributed by atoms with Gasteiger partial charge in [-0.3, -0.25) is 0 Å². The molecule has 2 aliphatic heterocycles. The van der Waals surface area contributed by atoms with E-state index >= 15 is 0 Å². The van der Waals surface area contributed by atoms with Gasteiger partial charge < -0.3 is 20.9 Å². The fraction of sp³-hybridized carbons (Fsp3) is 0.556. The van der Waals surface area contributed by atoms with E-state index in [4.69, 9.17) is 10.7 Å². The normalized spacial score (nSPS) is 25.1. The average molecular weight is 327 g/mol. The maximum absolute atomic E-state index is 11.8. The summed E-state index contributed by atoms with van der Waals surface area (Å²) in [5.74, 6) is 1.01. The van der Waals surface area contributed by atoms with Crippen LogP contribution in [-0.2, 0) is 0 Å². The minimum absolute atomic E-state index is 0.0374. The van der Waals surface area contributed by atoms with Gasteiger partial charge in [0, 0.05) is 12.1 Å². The first-order chi connectivity index (χ1) is 11.7. The van der Waals surface area contributed by atoms with Crippen molar-refractivity contribution >= 4 is 17.1 Å². The Kier molecular flexibility index (Phi) is 4.14. The Morgan fingerprint density at radius 2 is 2.08 bits per heavy atom. The lowest BCUT2D eigenvalue weighted by Crippen LogP contribution is -2.41. The number of urea groups is 1. The number of likely N-dealkylation sites (tertiary alicyclic amines) is 1. The van der Waals surface area contributed by atoms with E-state index in [9.17, 15) is 4.79 Å². The van der Waals surface area contributed by atoms with Crippen molar-refractivity contribution in [2.45, 2.75) is 50.6 Å². The Hall–Kier alpha value is -2.08. The standard InChI is InChI=1S/C18H25N5O/c19-18(24)23-11-4-2-9-15(23)12-6-5-8-13-16(12)22-17(21-13)14-7-1-3-10-20-14/h5-6,8,14-15,20H,1-4,7,9-11H2,(H2,19,24)(H,21,22). The molecule has 2 aliphatic rings. The van der Waals surface area contributed by atoms with E-state index in [1.165, 1.54) is 12.8 Å². The van der Waals surface area contributed by atoms with Crippen LogP contribution >= 0.6 is 0 Å². The van der Waals surface area contributed by atoms with E-state index in [1.54, 1.807) is 4.90 Å². The maximum atomic E-state index is 11.8. The van der Waals surface area contributed by atoms with Gasteiger partial charge in [-0.1, -0.05) is 18.6 Å². The molecule has 2 aromatic rings. The predicted octanol–water partition coefficient (Wildman–Crippen LogP) is 2.98. The summed E-state index contributed by atoms with van der Waals surface area (Å²) in [5.41, 5.74) is 8.76. The topological polar surface area (TPSA) is 87.0 Å². The molecule has 24 heavy (non-hydrogen) atoms. The van der Waals surface area contributed by atoms with Gasteiger partial charge >= 0.3 is 6.03 Å². The first-order valence-corrected chi connectivity index (χ1v) is 9.02. The summed E-state index contributed by atoms with van der Waals surface area (Å²) >= 11 is 0. The van der Waals surface area contributed by atoms with Crippen molar-refractivity contribution in [2.75, 3.05) is 13.1 Å². The molecule has 128 valence electrons. The van der Waals surface area contributed by atoms with Gasteiger partial charge in [0.2, 0.25) is 0 Å². The number of primary amides is 1. The van der Waals surface area contributed by atoms with Crippen LogP contribution in [0.4, 0.5) is 4.79 Å². The molecule has 3 heterocycles. The number of carbonyl (C=O) groups is 1. The summed E-state index contributed by atoms with van der Waals surface area (Å²) < 4.78 is 0. The zero-order chi connectivity index (χ0) is 16.5. The number of fused-ring (bicyclic) bond motifs is 1. The molecule has 1 aromatic heterocycles. The summed E-state index contributed by atoms with van der Waals surface area (Å²) in [5, 5.41) is 3.54. The van der Waals surface area contributed by atoms with Gasteiger partial charge in [0.05, 0.1) is 23.1 Å². The molecule has 2 unspecified atom stereocenters. The lowest BCUT2D eigenvalue weighted by molar-refractivity contribution is 0.160. The number of nitrogens with two attached hydrogens (primary N) is 1. The highest BCUT2D eigenvalue weighted by Gasteiger charge is 2.29. The summed E-state index contributed by atoms with van der Waals surface area (Å²) in [6, 6.07) is 6.21. The van der Waals surface area contributed by atoms with Gasteiger partial charge in [0.15, 0.2) is 0 Å². The lowest BCUT2D eigenvalue weighted by Gasteiger charge is -2.34. The van der Waals surface area contributed by atoms with E-state index in [0.717, 1.165) is 61.2 Å². The third-order valence-electron chi connectivity index (χ3n) is 5.35. The van der Waals surface area contributed by atoms with Gasteiger partial charge in [0.1, 0.15) is 5.82 Å². The number of carbonyl (C=O) groups excluding carboxylic acids is 1. The number of para-hydroxylation sites is 1. The zero-order valence-corrected chi connectivity index (χ0v) is 13.9. The number of benzene rings is 1. The fourth-order valence-electron chi connectivity index (χ4n) is 4.11. The molecule has 4 rings (SSSR count). The summed E-state index contributed by atoms with van der Waals surface area (Å²) in [7, 11) is 0. The molecule has 0 radical (unpaired) electrons. The van der Waals surface area contributed by atoms with E-state index in [0.29, 0.717) is 6.04 Å². The SMILES string of the molecule is NC(=O)N1CCCCC1c1cccc2[nH]c(C3CCCCN3)nc12. The van der Waals surface area contributed by atoms with Gasteiger partial charge in [-0.25, -0.2) is 9.78 Å². The molecule has 2 atom stereocenters. The van der Waals surface area contributed by atoms with Crippen LogP contribution in [0, 0.1) is 0 Å². The molecule has 2 amide bonds.